The normalized spacial score (nSPS) is 22.8. The van der Waals surface area contributed by atoms with Crippen LogP contribution in [0.1, 0.15) is 13.3 Å². The summed E-state index contributed by atoms with van der Waals surface area (Å²) >= 11 is 0. The van der Waals surface area contributed by atoms with Crippen molar-refractivity contribution in [3.63, 3.8) is 0 Å². The van der Waals surface area contributed by atoms with Crippen molar-refractivity contribution < 1.29 is 4.74 Å². The molecule has 0 aromatic carbocycles. The minimum Gasteiger partial charge on any atom is -0.378 e. The van der Waals surface area contributed by atoms with Crippen LogP contribution in [0.15, 0.2) is 35.6 Å². The highest BCUT2D eigenvalue weighted by molar-refractivity contribution is 5.34. The summed E-state index contributed by atoms with van der Waals surface area (Å²) in [5, 5.41) is 0. The Balaban J connectivity index is 2.11. The average Bonchev–Trinajstić information content (AvgIpc) is 2.44. The maximum Gasteiger partial charge on any atom is 0.0642 e. The molecule has 2 rings (SSSR count). The SMILES string of the molecule is CC1=CC=CCC=C1N1CCOCC1. The second-order valence-corrected chi connectivity index (χ2v) is 3.70. The second-order valence-electron chi connectivity index (χ2n) is 3.70. The van der Waals surface area contributed by atoms with Gasteiger partial charge in [-0.3, -0.25) is 0 Å². The lowest BCUT2D eigenvalue weighted by atomic mass is 10.1. The third kappa shape index (κ3) is 2.07. The highest BCUT2D eigenvalue weighted by atomic mass is 16.5. The van der Waals surface area contributed by atoms with Gasteiger partial charge in [-0.15, -0.1) is 0 Å². The molecule has 1 aliphatic carbocycles. The van der Waals surface area contributed by atoms with E-state index in [-0.39, 0.29) is 0 Å². The van der Waals surface area contributed by atoms with Gasteiger partial charge in [0.1, 0.15) is 0 Å². The zero-order valence-corrected chi connectivity index (χ0v) is 8.70. The van der Waals surface area contributed by atoms with Gasteiger partial charge in [0.15, 0.2) is 0 Å². The van der Waals surface area contributed by atoms with Gasteiger partial charge in [-0.05, 0) is 18.9 Å². The molecular weight excluding hydrogens is 174 g/mol. The van der Waals surface area contributed by atoms with Gasteiger partial charge < -0.3 is 9.64 Å². The number of nitrogens with zero attached hydrogens (tertiary/aromatic N) is 1. The van der Waals surface area contributed by atoms with Crippen LogP contribution in [0.25, 0.3) is 0 Å². The first-order valence-corrected chi connectivity index (χ1v) is 5.24. The zero-order chi connectivity index (χ0) is 9.80. The molecule has 0 aromatic rings. The molecule has 0 atom stereocenters. The van der Waals surface area contributed by atoms with Crippen molar-refractivity contribution in [3.8, 4) is 0 Å². The van der Waals surface area contributed by atoms with Crippen LogP contribution in [0, 0.1) is 0 Å². The van der Waals surface area contributed by atoms with Crippen LogP contribution in [-0.4, -0.2) is 31.2 Å². The summed E-state index contributed by atoms with van der Waals surface area (Å²) in [5.41, 5.74) is 2.75. The molecule has 1 aliphatic heterocycles. The summed E-state index contributed by atoms with van der Waals surface area (Å²) in [6.07, 6.45) is 9.87. The van der Waals surface area contributed by atoms with E-state index < -0.39 is 0 Å². The van der Waals surface area contributed by atoms with Gasteiger partial charge in [0, 0.05) is 18.8 Å². The molecule has 0 aromatic heterocycles. The first-order valence-electron chi connectivity index (χ1n) is 5.24. The number of hydrogen-bond donors (Lipinski definition) is 0. The van der Waals surface area contributed by atoms with Crippen molar-refractivity contribution in [1.29, 1.82) is 0 Å². The molecule has 0 bridgehead atoms. The predicted molar refractivity (Wildman–Crippen MR) is 58.0 cm³/mol. The van der Waals surface area contributed by atoms with E-state index in [0.717, 1.165) is 32.7 Å². The van der Waals surface area contributed by atoms with Crippen molar-refractivity contribution >= 4 is 0 Å². The summed E-state index contributed by atoms with van der Waals surface area (Å²) in [6, 6.07) is 0. The zero-order valence-electron chi connectivity index (χ0n) is 8.70. The largest absolute Gasteiger partial charge is 0.378 e. The highest BCUT2D eigenvalue weighted by Gasteiger charge is 2.14. The lowest BCUT2D eigenvalue weighted by Gasteiger charge is -2.31. The third-order valence-corrected chi connectivity index (χ3v) is 2.69. The van der Waals surface area contributed by atoms with Crippen LogP contribution in [0.2, 0.25) is 0 Å². The van der Waals surface area contributed by atoms with Gasteiger partial charge in [0.25, 0.3) is 0 Å². The predicted octanol–water partition coefficient (Wildman–Crippen LogP) is 2.11. The quantitative estimate of drug-likeness (QED) is 0.629. The van der Waals surface area contributed by atoms with E-state index in [1.807, 2.05) is 0 Å². The third-order valence-electron chi connectivity index (χ3n) is 2.69. The Morgan fingerprint density at radius 3 is 2.86 bits per heavy atom. The second kappa shape index (κ2) is 4.47. The Hall–Kier alpha value is -1.02. The Morgan fingerprint density at radius 1 is 1.29 bits per heavy atom. The van der Waals surface area contributed by atoms with Crippen LogP contribution >= 0.6 is 0 Å². The molecule has 0 spiro atoms. The molecule has 76 valence electrons. The summed E-state index contributed by atoms with van der Waals surface area (Å²) in [6.45, 7) is 5.95. The van der Waals surface area contributed by atoms with E-state index in [1.54, 1.807) is 0 Å². The van der Waals surface area contributed by atoms with Gasteiger partial charge in [-0.2, -0.15) is 0 Å². The Labute approximate surface area is 85.5 Å². The first kappa shape index (κ1) is 9.53. The smallest absolute Gasteiger partial charge is 0.0642 e. The fraction of sp³-hybridized carbons (Fsp3) is 0.500. The summed E-state index contributed by atoms with van der Waals surface area (Å²) in [7, 11) is 0. The molecular formula is C12H17NO. The molecule has 14 heavy (non-hydrogen) atoms. The molecule has 2 aliphatic rings. The number of morpholine rings is 1. The van der Waals surface area contributed by atoms with Gasteiger partial charge in [0.2, 0.25) is 0 Å². The van der Waals surface area contributed by atoms with Crippen molar-refractivity contribution in [1.82, 2.24) is 4.90 Å². The maximum absolute atomic E-state index is 5.35. The van der Waals surface area contributed by atoms with Gasteiger partial charge in [-0.1, -0.05) is 24.3 Å². The van der Waals surface area contributed by atoms with Crippen LogP contribution in [0.3, 0.4) is 0 Å². The molecule has 1 heterocycles. The molecule has 0 radical (unpaired) electrons. The molecule has 0 unspecified atom stereocenters. The fourth-order valence-electron chi connectivity index (χ4n) is 1.90. The number of allylic oxidation sites excluding steroid dienone is 5. The standard InChI is InChI=1S/C12H17NO/c1-11-5-3-2-4-6-12(11)13-7-9-14-10-8-13/h2-3,5-6H,4,7-10H2,1H3. The van der Waals surface area contributed by atoms with Crippen LogP contribution in [-0.2, 0) is 4.74 Å². The van der Waals surface area contributed by atoms with E-state index >= 15 is 0 Å². The van der Waals surface area contributed by atoms with Gasteiger partial charge in [-0.25, -0.2) is 0 Å². The minimum absolute atomic E-state index is 0.859. The van der Waals surface area contributed by atoms with E-state index in [2.05, 4.69) is 36.1 Å². The van der Waals surface area contributed by atoms with Gasteiger partial charge >= 0.3 is 0 Å². The number of rotatable bonds is 1. The molecule has 1 fully saturated rings. The molecule has 2 nitrogen and oxygen atoms in total. The Kier molecular flexibility index (Phi) is 3.04. The van der Waals surface area contributed by atoms with E-state index in [4.69, 9.17) is 4.74 Å². The van der Waals surface area contributed by atoms with Crippen LogP contribution in [0.4, 0.5) is 0 Å². The van der Waals surface area contributed by atoms with E-state index in [0.29, 0.717) is 0 Å². The van der Waals surface area contributed by atoms with Crippen molar-refractivity contribution in [2.45, 2.75) is 13.3 Å². The van der Waals surface area contributed by atoms with Crippen LogP contribution in [0.5, 0.6) is 0 Å². The minimum atomic E-state index is 0.859. The summed E-state index contributed by atoms with van der Waals surface area (Å²) in [5.74, 6) is 0. The summed E-state index contributed by atoms with van der Waals surface area (Å²) < 4.78 is 5.35. The number of hydrogen-bond acceptors (Lipinski definition) is 2. The Bertz CT molecular complexity index is 283. The lowest BCUT2D eigenvalue weighted by molar-refractivity contribution is 0.0546. The number of ether oxygens (including phenoxy) is 1. The molecule has 2 heteroatoms. The first-order chi connectivity index (χ1) is 6.88. The summed E-state index contributed by atoms with van der Waals surface area (Å²) in [4.78, 5) is 2.42. The van der Waals surface area contributed by atoms with E-state index in [9.17, 15) is 0 Å². The Morgan fingerprint density at radius 2 is 2.07 bits per heavy atom. The lowest BCUT2D eigenvalue weighted by Crippen LogP contribution is -2.35. The van der Waals surface area contributed by atoms with Crippen molar-refractivity contribution in [2.75, 3.05) is 26.3 Å². The molecule has 0 N–H and O–H groups in total. The topological polar surface area (TPSA) is 12.5 Å². The van der Waals surface area contributed by atoms with Crippen molar-refractivity contribution in [3.05, 3.63) is 35.6 Å². The highest BCUT2D eigenvalue weighted by Crippen LogP contribution is 2.19. The van der Waals surface area contributed by atoms with Gasteiger partial charge in [0.05, 0.1) is 13.2 Å². The van der Waals surface area contributed by atoms with Crippen molar-refractivity contribution in [2.24, 2.45) is 0 Å². The average molecular weight is 191 g/mol. The molecule has 0 saturated carbocycles. The maximum atomic E-state index is 5.35. The molecule has 1 saturated heterocycles. The van der Waals surface area contributed by atoms with Crippen LogP contribution < -0.4 is 0 Å². The fourth-order valence-corrected chi connectivity index (χ4v) is 1.90. The molecule has 0 amide bonds. The van der Waals surface area contributed by atoms with E-state index in [1.165, 1.54) is 11.3 Å². The monoisotopic (exact) mass is 191 g/mol.